The smallest absolute Gasteiger partial charge is 0.254 e. The van der Waals surface area contributed by atoms with Gasteiger partial charge >= 0.3 is 0 Å². The van der Waals surface area contributed by atoms with Crippen LogP contribution in [0.4, 0.5) is 0 Å². The molecule has 8 heteroatoms. The van der Waals surface area contributed by atoms with E-state index in [0.29, 0.717) is 25.2 Å². The molecule has 1 heterocycles. The number of likely N-dealkylation sites (N-methyl/N-ethyl adjacent to an activating group) is 1. The molecule has 144 valence electrons. The number of rotatable bonds is 7. The number of sulfonamides is 1. The van der Waals surface area contributed by atoms with Crippen molar-refractivity contribution in [3.8, 4) is 0 Å². The summed E-state index contributed by atoms with van der Waals surface area (Å²) in [7, 11) is -3.50. The Kier molecular flexibility index (Phi) is 6.77. The highest BCUT2D eigenvalue weighted by Gasteiger charge is 2.27. The first-order valence-electron chi connectivity index (χ1n) is 8.94. The lowest BCUT2D eigenvalue weighted by Gasteiger charge is -2.21. The van der Waals surface area contributed by atoms with Crippen LogP contribution in [0.5, 0.6) is 0 Å². The van der Waals surface area contributed by atoms with Crippen molar-refractivity contribution in [2.75, 3.05) is 26.2 Å². The molecule has 0 radical (unpaired) electrons. The van der Waals surface area contributed by atoms with Crippen LogP contribution in [0.2, 0.25) is 0 Å². The van der Waals surface area contributed by atoms with E-state index in [-0.39, 0.29) is 29.3 Å². The van der Waals surface area contributed by atoms with Gasteiger partial charge in [0.05, 0.1) is 11.4 Å². The predicted octanol–water partition coefficient (Wildman–Crippen LogP) is 1.46. The molecule has 0 spiro atoms. The van der Waals surface area contributed by atoms with Crippen molar-refractivity contribution in [3.05, 3.63) is 29.8 Å². The zero-order valence-electron chi connectivity index (χ0n) is 15.6. The summed E-state index contributed by atoms with van der Waals surface area (Å²) < 4.78 is 26.5. The Balaban J connectivity index is 2.10. The molecule has 1 aromatic rings. The van der Waals surface area contributed by atoms with Crippen LogP contribution in [0.25, 0.3) is 0 Å². The maximum Gasteiger partial charge on any atom is 0.254 e. The maximum atomic E-state index is 12.6. The van der Waals surface area contributed by atoms with Gasteiger partial charge in [0.25, 0.3) is 5.91 Å². The lowest BCUT2D eigenvalue weighted by Crippen LogP contribution is -2.42. The van der Waals surface area contributed by atoms with Gasteiger partial charge in [-0.15, -0.1) is 0 Å². The number of hydrogen-bond acceptors (Lipinski definition) is 4. The Morgan fingerprint density at radius 2 is 1.73 bits per heavy atom. The van der Waals surface area contributed by atoms with Gasteiger partial charge in [-0.3, -0.25) is 9.59 Å². The fourth-order valence-electron chi connectivity index (χ4n) is 2.90. The van der Waals surface area contributed by atoms with Crippen molar-refractivity contribution in [3.63, 3.8) is 0 Å². The van der Waals surface area contributed by atoms with Gasteiger partial charge in [0.1, 0.15) is 0 Å². The Labute approximate surface area is 155 Å². The van der Waals surface area contributed by atoms with Crippen molar-refractivity contribution < 1.29 is 18.0 Å². The standard InChI is InChI=1S/C18H27N3O4S/c1-4-20(13-17(22)19-14(2)3)18(23)15-7-9-16(10-8-15)26(24,25)21-11-5-6-12-21/h7-10,14H,4-6,11-13H2,1-3H3,(H,19,22). The zero-order valence-corrected chi connectivity index (χ0v) is 16.4. The topological polar surface area (TPSA) is 86.8 Å². The van der Waals surface area contributed by atoms with Crippen molar-refractivity contribution in [1.29, 1.82) is 0 Å². The van der Waals surface area contributed by atoms with Crippen LogP contribution >= 0.6 is 0 Å². The highest BCUT2D eigenvalue weighted by atomic mass is 32.2. The summed E-state index contributed by atoms with van der Waals surface area (Å²) in [5, 5.41) is 2.76. The third-order valence-corrected chi connectivity index (χ3v) is 6.17. The molecule has 1 aliphatic heterocycles. The first-order valence-corrected chi connectivity index (χ1v) is 10.4. The van der Waals surface area contributed by atoms with Gasteiger partial charge in [-0.05, 0) is 57.9 Å². The van der Waals surface area contributed by atoms with Gasteiger partial charge in [0.15, 0.2) is 0 Å². The van der Waals surface area contributed by atoms with Gasteiger partial charge < -0.3 is 10.2 Å². The Bertz CT molecular complexity index is 738. The van der Waals surface area contributed by atoms with Crippen LogP contribution in [0.3, 0.4) is 0 Å². The third kappa shape index (κ3) is 4.82. The minimum Gasteiger partial charge on any atom is -0.352 e. The molecule has 0 bridgehead atoms. The fraction of sp³-hybridized carbons (Fsp3) is 0.556. The van der Waals surface area contributed by atoms with Crippen LogP contribution in [-0.4, -0.2) is 61.7 Å². The van der Waals surface area contributed by atoms with Crippen molar-refractivity contribution in [1.82, 2.24) is 14.5 Å². The maximum absolute atomic E-state index is 12.6. The highest BCUT2D eigenvalue weighted by Crippen LogP contribution is 2.21. The summed E-state index contributed by atoms with van der Waals surface area (Å²) in [5.74, 6) is -0.514. The molecule has 2 rings (SSSR count). The average Bonchev–Trinajstić information content (AvgIpc) is 3.14. The molecule has 0 unspecified atom stereocenters. The quantitative estimate of drug-likeness (QED) is 0.775. The highest BCUT2D eigenvalue weighted by molar-refractivity contribution is 7.89. The lowest BCUT2D eigenvalue weighted by atomic mass is 10.2. The Morgan fingerprint density at radius 1 is 1.15 bits per heavy atom. The minimum atomic E-state index is -3.50. The van der Waals surface area contributed by atoms with Crippen LogP contribution in [0.15, 0.2) is 29.2 Å². The molecular formula is C18H27N3O4S. The summed E-state index contributed by atoms with van der Waals surface area (Å²) in [4.78, 5) is 26.1. The number of carbonyl (C=O) groups excluding carboxylic acids is 2. The number of hydrogen-bond donors (Lipinski definition) is 1. The summed E-state index contributed by atoms with van der Waals surface area (Å²) in [5.41, 5.74) is 0.365. The molecule has 0 aromatic heterocycles. The molecule has 0 atom stereocenters. The number of carbonyl (C=O) groups is 2. The van der Waals surface area contributed by atoms with E-state index in [1.165, 1.54) is 33.5 Å². The van der Waals surface area contributed by atoms with E-state index in [1.807, 2.05) is 13.8 Å². The lowest BCUT2D eigenvalue weighted by molar-refractivity contribution is -0.122. The van der Waals surface area contributed by atoms with Crippen molar-refractivity contribution in [2.24, 2.45) is 0 Å². The average molecular weight is 381 g/mol. The van der Waals surface area contributed by atoms with Gasteiger partial charge in [-0.2, -0.15) is 4.31 Å². The molecule has 1 aliphatic rings. The van der Waals surface area contributed by atoms with Crippen molar-refractivity contribution >= 4 is 21.8 Å². The second kappa shape index (κ2) is 8.64. The zero-order chi connectivity index (χ0) is 19.3. The van der Waals surface area contributed by atoms with Gasteiger partial charge in [-0.25, -0.2) is 8.42 Å². The Hall–Kier alpha value is -1.93. The number of nitrogens with zero attached hydrogens (tertiary/aromatic N) is 2. The van der Waals surface area contributed by atoms with Crippen LogP contribution in [-0.2, 0) is 14.8 Å². The molecule has 7 nitrogen and oxygen atoms in total. The predicted molar refractivity (Wildman–Crippen MR) is 99.3 cm³/mol. The number of nitrogens with one attached hydrogen (secondary N) is 1. The van der Waals surface area contributed by atoms with Gasteiger partial charge in [-0.1, -0.05) is 0 Å². The monoisotopic (exact) mass is 381 g/mol. The second-order valence-electron chi connectivity index (χ2n) is 6.68. The van der Waals surface area contributed by atoms with Crippen molar-refractivity contribution in [2.45, 2.75) is 44.6 Å². The summed E-state index contributed by atoms with van der Waals surface area (Å²) in [6, 6.07) is 5.94. The van der Waals surface area contributed by atoms with Crippen LogP contribution in [0.1, 0.15) is 44.0 Å². The van der Waals surface area contributed by atoms with Gasteiger partial charge in [0, 0.05) is 31.2 Å². The molecule has 1 fully saturated rings. The van der Waals surface area contributed by atoms with E-state index in [9.17, 15) is 18.0 Å². The van der Waals surface area contributed by atoms with E-state index < -0.39 is 10.0 Å². The van der Waals surface area contributed by atoms with E-state index in [0.717, 1.165) is 12.8 Å². The third-order valence-electron chi connectivity index (χ3n) is 4.26. The SMILES string of the molecule is CCN(CC(=O)NC(C)C)C(=O)c1ccc(S(=O)(=O)N2CCCC2)cc1. The summed E-state index contributed by atoms with van der Waals surface area (Å²) >= 11 is 0. The second-order valence-corrected chi connectivity index (χ2v) is 8.62. The molecule has 1 aromatic carbocycles. The van der Waals surface area contributed by atoms with Crippen LogP contribution < -0.4 is 5.32 Å². The van der Waals surface area contributed by atoms with E-state index >= 15 is 0 Å². The van der Waals surface area contributed by atoms with Gasteiger partial charge in [0.2, 0.25) is 15.9 Å². The van der Waals surface area contributed by atoms with E-state index in [2.05, 4.69) is 5.32 Å². The molecular weight excluding hydrogens is 354 g/mol. The molecule has 1 saturated heterocycles. The van der Waals surface area contributed by atoms with E-state index in [1.54, 1.807) is 6.92 Å². The van der Waals surface area contributed by atoms with E-state index in [4.69, 9.17) is 0 Å². The number of benzene rings is 1. The summed E-state index contributed by atoms with van der Waals surface area (Å²) in [6.45, 7) is 6.95. The fourth-order valence-corrected chi connectivity index (χ4v) is 4.41. The molecule has 26 heavy (non-hydrogen) atoms. The largest absolute Gasteiger partial charge is 0.352 e. The number of amides is 2. The molecule has 0 aliphatic carbocycles. The normalized spacial score (nSPS) is 15.2. The molecule has 0 saturated carbocycles. The molecule has 1 N–H and O–H groups in total. The Morgan fingerprint density at radius 3 is 2.23 bits per heavy atom. The first-order chi connectivity index (χ1) is 12.3. The first kappa shape index (κ1) is 20.4. The minimum absolute atomic E-state index is 0.00591. The molecule has 2 amide bonds. The van der Waals surface area contributed by atoms with Crippen LogP contribution in [0, 0.1) is 0 Å². The summed E-state index contributed by atoms with van der Waals surface area (Å²) in [6.07, 6.45) is 1.75.